The molecule has 0 atom stereocenters. The van der Waals surface area contributed by atoms with Gasteiger partial charge in [-0.2, -0.15) is 0 Å². The molecule has 0 heterocycles. The Kier molecular flexibility index (Phi) is 5.27. The maximum absolute atomic E-state index is 12.1. The third kappa shape index (κ3) is 4.88. The summed E-state index contributed by atoms with van der Waals surface area (Å²) >= 11 is 0. The quantitative estimate of drug-likeness (QED) is 0.625. The summed E-state index contributed by atoms with van der Waals surface area (Å²) in [6.07, 6.45) is 1.11. The van der Waals surface area contributed by atoms with Crippen LogP contribution in [0.3, 0.4) is 0 Å². The molecule has 2 aromatic rings. The minimum absolute atomic E-state index is 0.362. The van der Waals surface area contributed by atoms with Crippen LogP contribution in [0.25, 0.3) is 0 Å². The van der Waals surface area contributed by atoms with Crippen LogP contribution in [-0.2, 0) is 27.2 Å². The van der Waals surface area contributed by atoms with Crippen molar-refractivity contribution in [3.05, 3.63) is 71.8 Å². The molecule has 0 saturated heterocycles. The summed E-state index contributed by atoms with van der Waals surface area (Å²) in [5.74, 6) is -1.39. The Morgan fingerprint density at radius 3 is 1.67 bits per heavy atom. The molecule has 0 spiro atoms. The second-order valence-corrected chi connectivity index (χ2v) is 4.99. The lowest BCUT2D eigenvalue weighted by molar-refractivity contribution is -0.161. The van der Waals surface area contributed by atoms with Crippen LogP contribution in [-0.4, -0.2) is 11.9 Å². The van der Waals surface area contributed by atoms with E-state index >= 15 is 0 Å². The van der Waals surface area contributed by atoms with E-state index in [9.17, 15) is 9.59 Å². The molecule has 0 fully saturated rings. The SMILES string of the molecule is CC(=O)OC(=O)C(Cc1ccccc1)Cc1ccccc1. The van der Waals surface area contributed by atoms with Gasteiger partial charge in [0, 0.05) is 6.92 Å². The summed E-state index contributed by atoms with van der Waals surface area (Å²) in [6.45, 7) is 1.25. The summed E-state index contributed by atoms with van der Waals surface area (Å²) < 4.78 is 4.78. The van der Waals surface area contributed by atoms with E-state index < -0.39 is 11.9 Å². The zero-order chi connectivity index (χ0) is 15.1. The molecular weight excluding hydrogens is 264 g/mol. The van der Waals surface area contributed by atoms with Gasteiger partial charge in [-0.3, -0.25) is 9.59 Å². The largest absolute Gasteiger partial charge is 0.393 e. The number of carbonyl (C=O) groups is 2. The number of carbonyl (C=O) groups excluding carboxylic acids is 2. The van der Waals surface area contributed by atoms with Crippen LogP contribution in [0.15, 0.2) is 60.7 Å². The van der Waals surface area contributed by atoms with Crippen molar-refractivity contribution in [2.45, 2.75) is 19.8 Å². The van der Waals surface area contributed by atoms with Gasteiger partial charge in [-0.15, -0.1) is 0 Å². The van der Waals surface area contributed by atoms with Gasteiger partial charge in [0.15, 0.2) is 0 Å². The van der Waals surface area contributed by atoms with Gasteiger partial charge in [-0.1, -0.05) is 60.7 Å². The van der Waals surface area contributed by atoms with Gasteiger partial charge in [0.1, 0.15) is 0 Å². The molecule has 0 aliphatic carbocycles. The molecular formula is C18H18O3. The summed E-state index contributed by atoms with van der Waals surface area (Å²) in [6, 6.07) is 19.5. The van der Waals surface area contributed by atoms with Crippen LogP contribution in [0, 0.1) is 5.92 Å². The molecule has 0 aliphatic heterocycles. The van der Waals surface area contributed by atoms with Gasteiger partial charge < -0.3 is 4.74 Å². The van der Waals surface area contributed by atoms with Crippen molar-refractivity contribution in [3.63, 3.8) is 0 Å². The van der Waals surface area contributed by atoms with Crippen molar-refractivity contribution >= 4 is 11.9 Å². The molecule has 3 nitrogen and oxygen atoms in total. The van der Waals surface area contributed by atoms with Crippen molar-refractivity contribution in [2.75, 3.05) is 0 Å². The molecule has 2 aromatic carbocycles. The van der Waals surface area contributed by atoms with E-state index in [2.05, 4.69) is 0 Å². The normalized spacial score (nSPS) is 10.4. The molecule has 0 unspecified atom stereocenters. The Morgan fingerprint density at radius 1 is 0.857 bits per heavy atom. The number of hydrogen-bond donors (Lipinski definition) is 0. The fraction of sp³-hybridized carbons (Fsp3) is 0.222. The van der Waals surface area contributed by atoms with Crippen LogP contribution in [0.5, 0.6) is 0 Å². The lowest BCUT2D eigenvalue weighted by atomic mass is 9.92. The Hall–Kier alpha value is -2.42. The molecule has 3 heteroatoms. The van der Waals surface area contributed by atoms with E-state index in [0.29, 0.717) is 12.8 Å². The average molecular weight is 282 g/mol. The fourth-order valence-corrected chi connectivity index (χ4v) is 2.26. The van der Waals surface area contributed by atoms with E-state index in [0.717, 1.165) is 11.1 Å². The number of benzene rings is 2. The first-order valence-electron chi connectivity index (χ1n) is 6.95. The van der Waals surface area contributed by atoms with Crippen molar-refractivity contribution < 1.29 is 14.3 Å². The van der Waals surface area contributed by atoms with Crippen LogP contribution in [0.4, 0.5) is 0 Å². The first-order chi connectivity index (χ1) is 10.1. The summed E-state index contributed by atoms with van der Waals surface area (Å²) in [4.78, 5) is 23.1. The third-order valence-electron chi connectivity index (χ3n) is 3.23. The van der Waals surface area contributed by atoms with Gasteiger partial charge in [0.05, 0.1) is 5.92 Å². The van der Waals surface area contributed by atoms with Crippen LogP contribution in [0.2, 0.25) is 0 Å². The smallest absolute Gasteiger partial charge is 0.317 e. The maximum Gasteiger partial charge on any atom is 0.317 e. The molecule has 0 radical (unpaired) electrons. The minimum Gasteiger partial charge on any atom is -0.393 e. The van der Waals surface area contributed by atoms with Gasteiger partial charge in [-0.05, 0) is 24.0 Å². The topological polar surface area (TPSA) is 43.4 Å². The highest BCUT2D eigenvalue weighted by molar-refractivity contribution is 5.85. The van der Waals surface area contributed by atoms with Crippen LogP contribution in [0.1, 0.15) is 18.1 Å². The molecule has 0 aromatic heterocycles. The molecule has 0 bridgehead atoms. The average Bonchev–Trinajstić information content (AvgIpc) is 2.48. The molecule has 108 valence electrons. The molecule has 2 rings (SSSR count). The maximum atomic E-state index is 12.1. The summed E-state index contributed by atoms with van der Waals surface area (Å²) in [5.41, 5.74) is 2.11. The van der Waals surface area contributed by atoms with Crippen LogP contribution < -0.4 is 0 Å². The van der Waals surface area contributed by atoms with E-state index in [-0.39, 0.29) is 5.92 Å². The number of rotatable bonds is 5. The highest BCUT2D eigenvalue weighted by Crippen LogP contribution is 2.16. The van der Waals surface area contributed by atoms with E-state index in [4.69, 9.17) is 4.74 Å². The Balaban J connectivity index is 2.13. The van der Waals surface area contributed by atoms with Crippen molar-refractivity contribution in [1.82, 2.24) is 0 Å². The first-order valence-corrected chi connectivity index (χ1v) is 6.95. The first kappa shape index (κ1) is 15.0. The second kappa shape index (κ2) is 7.39. The van der Waals surface area contributed by atoms with Gasteiger partial charge in [0.25, 0.3) is 0 Å². The number of hydrogen-bond acceptors (Lipinski definition) is 3. The molecule has 0 saturated carbocycles. The van der Waals surface area contributed by atoms with Crippen LogP contribution >= 0.6 is 0 Å². The third-order valence-corrected chi connectivity index (χ3v) is 3.23. The highest BCUT2D eigenvalue weighted by atomic mass is 16.6. The van der Waals surface area contributed by atoms with Crippen molar-refractivity contribution in [2.24, 2.45) is 5.92 Å². The monoisotopic (exact) mass is 282 g/mol. The standard InChI is InChI=1S/C18H18O3/c1-14(19)21-18(20)17(12-15-8-4-2-5-9-15)13-16-10-6-3-7-11-16/h2-11,17H,12-13H2,1H3. The minimum atomic E-state index is -0.564. The predicted molar refractivity (Wildman–Crippen MR) is 80.6 cm³/mol. The molecule has 0 aliphatic rings. The molecule has 21 heavy (non-hydrogen) atoms. The lowest BCUT2D eigenvalue weighted by Crippen LogP contribution is -2.24. The van der Waals surface area contributed by atoms with E-state index in [1.54, 1.807) is 0 Å². The van der Waals surface area contributed by atoms with E-state index in [1.807, 2.05) is 60.7 Å². The lowest BCUT2D eigenvalue weighted by Gasteiger charge is -2.15. The van der Waals surface area contributed by atoms with Gasteiger partial charge in [0.2, 0.25) is 0 Å². The zero-order valence-corrected chi connectivity index (χ0v) is 12.0. The van der Waals surface area contributed by atoms with Gasteiger partial charge >= 0.3 is 11.9 Å². The predicted octanol–water partition coefficient (Wildman–Crippen LogP) is 3.18. The Bertz CT molecular complexity index is 549. The molecule has 0 N–H and O–H groups in total. The van der Waals surface area contributed by atoms with Gasteiger partial charge in [-0.25, -0.2) is 0 Å². The fourth-order valence-electron chi connectivity index (χ4n) is 2.26. The Labute approximate surface area is 124 Å². The summed E-state index contributed by atoms with van der Waals surface area (Å²) in [5, 5.41) is 0. The Morgan fingerprint density at radius 2 is 1.29 bits per heavy atom. The van der Waals surface area contributed by atoms with E-state index in [1.165, 1.54) is 6.92 Å². The number of esters is 2. The highest BCUT2D eigenvalue weighted by Gasteiger charge is 2.22. The van der Waals surface area contributed by atoms with Crippen molar-refractivity contribution in [1.29, 1.82) is 0 Å². The summed E-state index contributed by atoms with van der Waals surface area (Å²) in [7, 11) is 0. The molecule has 0 amide bonds. The number of ether oxygens (including phenoxy) is 1. The second-order valence-electron chi connectivity index (χ2n) is 4.99. The van der Waals surface area contributed by atoms with Crippen molar-refractivity contribution in [3.8, 4) is 0 Å². The zero-order valence-electron chi connectivity index (χ0n) is 12.0.